The molecule has 19 heavy (non-hydrogen) atoms. The Labute approximate surface area is 117 Å². The molecule has 0 radical (unpaired) electrons. The highest BCUT2D eigenvalue weighted by Gasteiger charge is 2.21. The van der Waals surface area contributed by atoms with Crippen molar-refractivity contribution in [2.75, 3.05) is 44.7 Å². The van der Waals surface area contributed by atoms with Gasteiger partial charge in [0.05, 0.1) is 7.11 Å². The molecule has 1 fully saturated rings. The number of ether oxygens (including phenoxy) is 1. The molecule has 0 N–H and O–H groups in total. The van der Waals surface area contributed by atoms with Gasteiger partial charge in [-0.05, 0) is 17.5 Å². The number of methoxy groups -OCH3 is 1. The lowest BCUT2D eigenvalue weighted by molar-refractivity contribution is 0.182. The van der Waals surface area contributed by atoms with Gasteiger partial charge < -0.3 is 9.64 Å². The molecule has 2 rings (SSSR count). The smallest absolute Gasteiger partial charge is 0.120 e. The van der Waals surface area contributed by atoms with Gasteiger partial charge in [-0.2, -0.15) is 0 Å². The van der Waals surface area contributed by atoms with Crippen LogP contribution in [0.4, 0.5) is 5.69 Å². The second kappa shape index (κ2) is 5.83. The minimum Gasteiger partial charge on any atom is -0.497 e. The average Bonchev–Trinajstić information content (AvgIpc) is 2.38. The Kier molecular flexibility index (Phi) is 4.35. The molecule has 3 heteroatoms. The van der Waals surface area contributed by atoms with Gasteiger partial charge in [-0.15, -0.1) is 0 Å². The summed E-state index contributed by atoms with van der Waals surface area (Å²) in [6.07, 6.45) is 0. The lowest BCUT2D eigenvalue weighted by Crippen LogP contribution is -2.48. The number of piperazine rings is 1. The van der Waals surface area contributed by atoms with E-state index in [4.69, 9.17) is 4.74 Å². The minimum atomic E-state index is 0.387. The van der Waals surface area contributed by atoms with Crippen LogP contribution in [0.25, 0.3) is 0 Å². The van der Waals surface area contributed by atoms with Gasteiger partial charge in [0.25, 0.3) is 0 Å². The summed E-state index contributed by atoms with van der Waals surface area (Å²) in [6.45, 7) is 12.6. The van der Waals surface area contributed by atoms with Crippen molar-refractivity contribution < 1.29 is 4.74 Å². The van der Waals surface area contributed by atoms with E-state index < -0.39 is 0 Å². The molecule has 106 valence electrons. The lowest BCUT2D eigenvalue weighted by atomic mass is 9.96. The molecule has 0 unspecified atom stereocenters. The van der Waals surface area contributed by atoms with E-state index in [1.807, 2.05) is 6.07 Å². The van der Waals surface area contributed by atoms with Crippen LogP contribution in [-0.2, 0) is 0 Å². The van der Waals surface area contributed by atoms with Gasteiger partial charge in [-0.1, -0.05) is 26.8 Å². The van der Waals surface area contributed by atoms with Crippen molar-refractivity contribution in [2.45, 2.75) is 20.8 Å². The second-order valence-electron chi connectivity index (χ2n) is 6.53. The molecule has 0 atom stereocenters. The van der Waals surface area contributed by atoms with Crippen molar-refractivity contribution in [3.8, 4) is 5.75 Å². The first-order chi connectivity index (χ1) is 8.98. The predicted molar refractivity (Wildman–Crippen MR) is 81.1 cm³/mol. The predicted octanol–water partition coefficient (Wildman–Crippen LogP) is 2.86. The number of benzene rings is 1. The third-order valence-electron chi connectivity index (χ3n) is 3.49. The number of anilines is 1. The zero-order valence-corrected chi connectivity index (χ0v) is 12.6. The molecule has 1 aliphatic rings. The van der Waals surface area contributed by atoms with Crippen molar-refractivity contribution in [2.24, 2.45) is 5.41 Å². The van der Waals surface area contributed by atoms with Crippen LogP contribution in [0.15, 0.2) is 24.3 Å². The zero-order chi connectivity index (χ0) is 13.9. The van der Waals surface area contributed by atoms with Crippen molar-refractivity contribution in [1.29, 1.82) is 0 Å². The maximum atomic E-state index is 5.30. The second-order valence-corrected chi connectivity index (χ2v) is 6.53. The Morgan fingerprint density at radius 2 is 1.79 bits per heavy atom. The highest BCUT2D eigenvalue weighted by atomic mass is 16.5. The van der Waals surface area contributed by atoms with Crippen LogP contribution in [0.5, 0.6) is 5.75 Å². The summed E-state index contributed by atoms with van der Waals surface area (Å²) in [5.74, 6) is 0.939. The maximum Gasteiger partial charge on any atom is 0.120 e. The summed E-state index contributed by atoms with van der Waals surface area (Å²) in [7, 11) is 1.72. The van der Waals surface area contributed by atoms with Crippen LogP contribution in [0, 0.1) is 5.41 Å². The molecule has 0 amide bonds. The van der Waals surface area contributed by atoms with E-state index in [1.54, 1.807) is 7.11 Å². The Morgan fingerprint density at radius 1 is 1.11 bits per heavy atom. The third kappa shape index (κ3) is 4.13. The molecular weight excluding hydrogens is 236 g/mol. The normalized spacial score (nSPS) is 17.6. The van der Waals surface area contributed by atoms with Gasteiger partial charge in [0, 0.05) is 44.5 Å². The Balaban J connectivity index is 1.92. The van der Waals surface area contributed by atoms with Crippen molar-refractivity contribution in [1.82, 2.24) is 4.90 Å². The number of hydrogen-bond donors (Lipinski definition) is 0. The topological polar surface area (TPSA) is 15.7 Å². The van der Waals surface area contributed by atoms with Crippen LogP contribution in [-0.4, -0.2) is 44.7 Å². The Morgan fingerprint density at radius 3 is 2.37 bits per heavy atom. The molecule has 1 saturated heterocycles. The molecule has 0 aliphatic carbocycles. The van der Waals surface area contributed by atoms with E-state index in [9.17, 15) is 0 Å². The zero-order valence-electron chi connectivity index (χ0n) is 12.6. The molecule has 0 bridgehead atoms. The lowest BCUT2D eigenvalue weighted by Gasteiger charge is -2.38. The SMILES string of the molecule is COc1cccc(N2CCN(CC(C)(C)C)CC2)c1. The molecule has 0 aromatic heterocycles. The molecule has 0 spiro atoms. The van der Waals surface area contributed by atoms with Crippen LogP contribution in [0.2, 0.25) is 0 Å². The Hall–Kier alpha value is -1.22. The molecule has 1 heterocycles. The van der Waals surface area contributed by atoms with Gasteiger partial charge in [0.15, 0.2) is 0 Å². The van der Waals surface area contributed by atoms with E-state index in [-0.39, 0.29) is 0 Å². The molecule has 0 saturated carbocycles. The fourth-order valence-corrected chi connectivity index (χ4v) is 2.64. The largest absolute Gasteiger partial charge is 0.497 e. The maximum absolute atomic E-state index is 5.30. The summed E-state index contributed by atoms with van der Waals surface area (Å²) in [5.41, 5.74) is 1.66. The Bertz CT molecular complexity index is 403. The highest BCUT2D eigenvalue weighted by molar-refractivity contribution is 5.51. The van der Waals surface area contributed by atoms with E-state index in [2.05, 4.69) is 48.8 Å². The van der Waals surface area contributed by atoms with E-state index >= 15 is 0 Å². The summed E-state index contributed by atoms with van der Waals surface area (Å²) in [5, 5.41) is 0. The van der Waals surface area contributed by atoms with Crippen molar-refractivity contribution >= 4 is 5.69 Å². The van der Waals surface area contributed by atoms with Crippen LogP contribution >= 0.6 is 0 Å². The number of nitrogens with zero attached hydrogens (tertiary/aromatic N) is 2. The first kappa shape index (κ1) is 14.2. The summed E-state index contributed by atoms with van der Waals surface area (Å²) < 4.78 is 5.30. The van der Waals surface area contributed by atoms with E-state index in [0.717, 1.165) is 31.9 Å². The number of hydrogen-bond acceptors (Lipinski definition) is 3. The van der Waals surface area contributed by atoms with E-state index in [1.165, 1.54) is 12.2 Å². The number of rotatable bonds is 3. The quantitative estimate of drug-likeness (QED) is 0.833. The van der Waals surface area contributed by atoms with Gasteiger partial charge in [-0.25, -0.2) is 0 Å². The monoisotopic (exact) mass is 262 g/mol. The summed E-state index contributed by atoms with van der Waals surface area (Å²) >= 11 is 0. The van der Waals surface area contributed by atoms with Crippen LogP contribution in [0.1, 0.15) is 20.8 Å². The summed E-state index contributed by atoms with van der Waals surface area (Å²) in [4.78, 5) is 5.01. The third-order valence-corrected chi connectivity index (χ3v) is 3.49. The first-order valence-electron chi connectivity index (χ1n) is 7.09. The minimum absolute atomic E-state index is 0.387. The van der Waals surface area contributed by atoms with Gasteiger partial charge >= 0.3 is 0 Å². The molecular formula is C16H26N2O. The van der Waals surface area contributed by atoms with Crippen molar-refractivity contribution in [3.63, 3.8) is 0 Å². The molecule has 1 aromatic carbocycles. The molecule has 1 aliphatic heterocycles. The first-order valence-corrected chi connectivity index (χ1v) is 7.09. The van der Waals surface area contributed by atoms with Gasteiger partial charge in [-0.3, -0.25) is 4.90 Å². The fourth-order valence-electron chi connectivity index (χ4n) is 2.64. The van der Waals surface area contributed by atoms with E-state index in [0.29, 0.717) is 5.41 Å². The van der Waals surface area contributed by atoms with Crippen LogP contribution in [0.3, 0.4) is 0 Å². The standard InChI is InChI=1S/C16H26N2O/c1-16(2,3)13-17-8-10-18(11-9-17)14-6-5-7-15(12-14)19-4/h5-7,12H,8-11,13H2,1-4H3. The average molecular weight is 262 g/mol. The van der Waals surface area contributed by atoms with Crippen LogP contribution < -0.4 is 9.64 Å². The van der Waals surface area contributed by atoms with Gasteiger partial charge in [0.2, 0.25) is 0 Å². The highest BCUT2D eigenvalue weighted by Crippen LogP contribution is 2.23. The summed E-state index contributed by atoms with van der Waals surface area (Å²) in [6, 6.07) is 8.36. The van der Waals surface area contributed by atoms with Gasteiger partial charge in [0.1, 0.15) is 5.75 Å². The molecule has 3 nitrogen and oxygen atoms in total. The fraction of sp³-hybridized carbons (Fsp3) is 0.625. The molecule has 1 aromatic rings. The van der Waals surface area contributed by atoms with Crippen molar-refractivity contribution in [3.05, 3.63) is 24.3 Å².